The third-order valence-electron chi connectivity index (χ3n) is 5.33. The van der Waals surface area contributed by atoms with Gasteiger partial charge in [0.05, 0.1) is 11.1 Å². The van der Waals surface area contributed by atoms with Crippen LogP contribution in [0.25, 0.3) is 21.8 Å². The Morgan fingerprint density at radius 3 is 2.61 bits per heavy atom. The number of H-pyrrole nitrogens is 1. The number of hydrogen-bond donors (Lipinski definition) is 3. The zero-order valence-electron chi connectivity index (χ0n) is 18.3. The molecule has 0 radical (unpaired) electrons. The third-order valence-corrected chi connectivity index (χ3v) is 7.14. The number of aromatic nitrogens is 2. The summed E-state index contributed by atoms with van der Waals surface area (Å²) in [6.45, 7) is 5.23. The van der Waals surface area contributed by atoms with E-state index in [1.54, 1.807) is 39.0 Å². The molecule has 0 spiro atoms. The number of benzene rings is 1. The summed E-state index contributed by atoms with van der Waals surface area (Å²) in [7, 11) is -4.32. The number of carbonyl (C=O) groups is 2. The molecule has 1 saturated heterocycles. The molecular weight excluding hydrogens is 452 g/mol. The van der Waals surface area contributed by atoms with Crippen molar-refractivity contribution in [2.24, 2.45) is 0 Å². The number of aromatic carboxylic acids is 1. The fraction of sp³-hybridized carbons (Fsp3) is 0.381. The fourth-order valence-electron chi connectivity index (χ4n) is 3.99. The van der Waals surface area contributed by atoms with E-state index in [0.29, 0.717) is 15.8 Å². The molecule has 2 aromatic heterocycles. The quantitative estimate of drug-likeness (QED) is 0.520. The third kappa shape index (κ3) is 4.07. The number of fused-ring (bicyclic) bond motifs is 3. The monoisotopic (exact) mass is 476 g/mol. The van der Waals surface area contributed by atoms with Crippen molar-refractivity contribution in [2.75, 3.05) is 13.1 Å². The second-order valence-corrected chi connectivity index (χ2v) is 10.6. The first-order valence-corrected chi connectivity index (χ1v) is 11.7. The van der Waals surface area contributed by atoms with Crippen LogP contribution in [0.3, 0.4) is 0 Å². The van der Waals surface area contributed by atoms with Crippen LogP contribution in [0.2, 0.25) is 0 Å². The molecule has 33 heavy (non-hydrogen) atoms. The van der Waals surface area contributed by atoms with Crippen LogP contribution in [-0.4, -0.2) is 63.6 Å². The predicted octanol–water partition coefficient (Wildman–Crippen LogP) is 1.87. The molecule has 0 bridgehead atoms. The van der Waals surface area contributed by atoms with E-state index in [0.717, 1.165) is 4.31 Å². The van der Waals surface area contributed by atoms with Crippen molar-refractivity contribution in [1.29, 1.82) is 0 Å². The van der Waals surface area contributed by atoms with Gasteiger partial charge >= 0.3 is 22.3 Å². The molecule has 1 fully saturated rings. The number of nitrogens with one attached hydrogen (secondary N) is 2. The van der Waals surface area contributed by atoms with E-state index in [9.17, 15) is 27.9 Å². The Balaban J connectivity index is 1.75. The van der Waals surface area contributed by atoms with Crippen molar-refractivity contribution in [1.82, 2.24) is 18.6 Å². The summed E-state index contributed by atoms with van der Waals surface area (Å²) in [6.07, 6.45) is 0.872. The fourth-order valence-corrected chi connectivity index (χ4v) is 5.63. The van der Waals surface area contributed by atoms with E-state index in [1.807, 2.05) is 0 Å². The number of nitrogens with zero attached hydrogens (tertiary/aromatic N) is 2. The number of pyridine rings is 1. The van der Waals surface area contributed by atoms with Crippen molar-refractivity contribution in [3.8, 4) is 0 Å². The second-order valence-electron chi connectivity index (χ2n) is 8.84. The number of rotatable bonds is 4. The van der Waals surface area contributed by atoms with Gasteiger partial charge in [-0.25, -0.2) is 9.59 Å². The van der Waals surface area contributed by atoms with Crippen LogP contribution in [0.5, 0.6) is 0 Å². The molecule has 1 aromatic carbocycles. The molecule has 1 aliphatic heterocycles. The van der Waals surface area contributed by atoms with Crippen LogP contribution in [0.15, 0.2) is 35.3 Å². The molecule has 1 atom stereocenters. The van der Waals surface area contributed by atoms with Gasteiger partial charge in [0, 0.05) is 36.1 Å². The Labute approximate surface area is 189 Å². The van der Waals surface area contributed by atoms with Crippen molar-refractivity contribution in [3.63, 3.8) is 0 Å². The minimum atomic E-state index is -4.32. The first kappa shape index (κ1) is 22.8. The molecule has 0 saturated carbocycles. The number of aromatic amines is 1. The average Bonchev–Trinajstić information content (AvgIpc) is 3.34. The van der Waals surface area contributed by atoms with Crippen LogP contribution in [-0.2, 0) is 14.9 Å². The maximum absolute atomic E-state index is 13.5. The number of alkyl carbamates (subject to hydrolysis) is 1. The number of ether oxygens (including phenoxy) is 1. The molecule has 176 valence electrons. The topological polar surface area (TPSA) is 151 Å². The maximum atomic E-state index is 13.5. The first-order valence-electron chi connectivity index (χ1n) is 10.3. The Morgan fingerprint density at radius 2 is 1.94 bits per heavy atom. The number of carboxylic acid groups (broad SMARTS) is 1. The van der Waals surface area contributed by atoms with E-state index in [1.165, 1.54) is 12.3 Å². The van der Waals surface area contributed by atoms with Gasteiger partial charge in [-0.2, -0.15) is 16.7 Å². The lowest BCUT2D eigenvalue weighted by molar-refractivity contribution is 0.0506. The van der Waals surface area contributed by atoms with Gasteiger partial charge in [0.15, 0.2) is 0 Å². The summed E-state index contributed by atoms with van der Waals surface area (Å²) in [6, 6.07) is 5.76. The Kier molecular flexibility index (Phi) is 5.45. The molecule has 1 aliphatic rings. The first-order chi connectivity index (χ1) is 15.4. The minimum Gasteiger partial charge on any atom is -0.478 e. The number of carbonyl (C=O) groups excluding carboxylic acids is 1. The molecule has 11 nitrogen and oxygen atoms in total. The van der Waals surface area contributed by atoms with Gasteiger partial charge < -0.3 is 20.1 Å². The zero-order chi connectivity index (χ0) is 24.1. The van der Waals surface area contributed by atoms with Crippen LogP contribution >= 0.6 is 0 Å². The average molecular weight is 477 g/mol. The molecule has 0 unspecified atom stereocenters. The molecule has 3 aromatic rings. The van der Waals surface area contributed by atoms with Gasteiger partial charge in [-0.15, -0.1) is 0 Å². The summed E-state index contributed by atoms with van der Waals surface area (Å²) >= 11 is 0. The number of carboxylic acids is 1. The Bertz CT molecular complexity index is 1430. The van der Waals surface area contributed by atoms with Crippen LogP contribution in [0, 0.1) is 0 Å². The summed E-state index contributed by atoms with van der Waals surface area (Å²) in [5, 5.41) is 12.6. The van der Waals surface area contributed by atoms with Gasteiger partial charge in [0.25, 0.3) is 5.56 Å². The highest BCUT2D eigenvalue weighted by Crippen LogP contribution is 2.28. The number of hydrogen-bond acceptors (Lipinski definition) is 6. The molecule has 3 heterocycles. The minimum absolute atomic E-state index is 0.0362. The molecule has 0 aliphatic carbocycles. The molecular formula is C21H24N4O7S. The maximum Gasteiger partial charge on any atom is 0.407 e. The number of para-hydroxylation sites is 1. The van der Waals surface area contributed by atoms with Crippen LogP contribution in [0.1, 0.15) is 37.6 Å². The van der Waals surface area contributed by atoms with E-state index < -0.39 is 39.5 Å². The van der Waals surface area contributed by atoms with Gasteiger partial charge in [-0.1, -0.05) is 18.2 Å². The summed E-state index contributed by atoms with van der Waals surface area (Å²) in [4.78, 5) is 39.6. The summed E-state index contributed by atoms with van der Waals surface area (Å²) in [5.41, 5.74) is -1.73. The lowest BCUT2D eigenvalue weighted by atomic mass is 10.1. The second kappa shape index (κ2) is 7.89. The predicted molar refractivity (Wildman–Crippen MR) is 121 cm³/mol. The number of amides is 1. The molecule has 3 N–H and O–H groups in total. The van der Waals surface area contributed by atoms with E-state index in [4.69, 9.17) is 4.74 Å². The Morgan fingerprint density at radius 1 is 1.24 bits per heavy atom. The molecule has 1 amide bonds. The van der Waals surface area contributed by atoms with Gasteiger partial charge in [-0.05, 0) is 33.3 Å². The standard InChI is InChI=1S/C21H24N4O7S/c1-21(2,3)32-20(29)23-12-8-9-24(11-12)33(30,31)25-15-7-5-4-6-13(15)16-14(19(27)28)10-22-17(16)18(25)26/h4-7,10,12,22H,8-9,11H2,1-3H3,(H,23,29)(H,27,28)/t12-/m0/s1. The van der Waals surface area contributed by atoms with Crippen molar-refractivity contribution >= 4 is 44.1 Å². The van der Waals surface area contributed by atoms with Gasteiger partial charge in [0.2, 0.25) is 0 Å². The lowest BCUT2D eigenvalue weighted by Gasteiger charge is -2.22. The zero-order valence-corrected chi connectivity index (χ0v) is 19.1. The highest BCUT2D eigenvalue weighted by atomic mass is 32.2. The van der Waals surface area contributed by atoms with Crippen LogP contribution in [0.4, 0.5) is 4.79 Å². The van der Waals surface area contributed by atoms with E-state index >= 15 is 0 Å². The summed E-state index contributed by atoms with van der Waals surface area (Å²) < 4.78 is 34.1. The molecule has 12 heteroatoms. The largest absolute Gasteiger partial charge is 0.478 e. The SMILES string of the molecule is CC(C)(C)OC(=O)N[C@H]1CCN(S(=O)(=O)n2c(=O)c3[nH]cc(C(=O)O)c3c3ccccc32)C1. The van der Waals surface area contributed by atoms with Crippen molar-refractivity contribution in [3.05, 3.63) is 46.4 Å². The summed E-state index contributed by atoms with van der Waals surface area (Å²) in [5.74, 6) is -1.23. The smallest absolute Gasteiger partial charge is 0.407 e. The van der Waals surface area contributed by atoms with Crippen molar-refractivity contribution < 1.29 is 27.9 Å². The lowest BCUT2D eigenvalue weighted by Crippen LogP contribution is -2.43. The Hall–Kier alpha value is -3.38. The van der Waals surface area contributed by atoms with Crippen molar-refractivity contribution in [2.45, 2.75) is 38.8 Å². The highest BCUT2D eigenvalue weighted by Gasteiger charge is 2.36. The van der Waals surface area contributed by atoms with Gasteiger partial charge in [-0.3, -0.25) is 4.79 Å². The molecule has 4 rings (SSSR count). The van der Waals surface area contributed by atoms with Crippen LogP contribution < -0.4 is 10.9 Å². The normalized spacial score (nSPS) is 17.5. The van der Waals surface area contributed by atoms with E-state index in [-0.39, 0.29) is 35.1 Å². The highest BCUT2D eigenvalue weighted by molar-refractivity contribution is 7.87. The van der Waals surface area contributed by atoms with Gasteiger partial charge in [0.1, 0.15) is 11.1 Å². The van der Waals surface area contributed by atoms with E-state index in [2.05, 4.69) is 10.3 Å².